The third-order valence-corrected chi connectivity index (χ3v) is 4.63. The highest BCUT2D eigenvalue weighted by atomic mass is 35.5. The molecule has 0 bridgehead atoms. The van der Waals surface area contributed by atoms with Crippen LogP contribution in [-0.2, 0) is 9.59 Å². The third kappa shape index (κ3) is 3.69. The molecule has 5 nitrogen and oxygen atoms in total. The van der Waals surface area contributed by atoms with Crippen LogP contribution in [0.25, 0.3) is 0 Å². The summed E-state index contributed by atoms with van der Waals surface area (Å²) in [4.78, 5) is 26.6. The first-order valence-corrected chi connectivity index (χ1v) is 9.19. The summed E-state index contributed by atoms with van der Waals surface area (Å²) in [6.45, 7) is 6.47. The van der Waals surface area contributed by atoms with E-state index in [1.165, 1.54) is 5.56 Å². The van der Waals surface area contributed by atoms with Crippen molar-refractivity contribution in [2.24, 2.45) is 0 Å². The van der Waals surface area contributed by atoms with Crippen LogP contribution in [0.15, 0.2) is 59.3 Å². The van der Waals surface area contributed by atoms with Gasteiger partial charge in [0.15, 0.2) is 0 Å². The SMILES string of the molecule is CCOc1ccccc1N1C(=O)C(Cl)=C(Nc2ccc(C(C)C)cc2)C1=O. The van der Waals surface area contributed by atoms with E-state index in [9.17, 15) is 9.59 Å². The van der Waals surface area contributed by atoms with Gasteiger partial charge >= 0.3 is 0 Å². The van der Waals surface area contributed by atoms with Crippen LogP contribution in [0.2, 0.25) is 0 Å². The molecule has 1 aliphatic rings. The van der Waals surface area contributed by atoms with Gasteiger partial charge in [-0.05, 0) is 42.7 Å². The van der Waals surface area contributed by atoms with Gasteiger partial charge in [0.2, 0.25) is 0 Å². The van der Waals surface area contributed by atoms with Crippen molar-refractivity contribution >= 4 is 34.8 Å². The fourth-order valence-electron chi connectivity index (χ4n) is 2.85. The lowest BCUT2D eigenvalue weighted by Gasteiger charge is -2.18. The second kappa shape index (κ2) is 7.84. The number of halogens is 1. The summed E-state index contributed by atoms with van der Waals surface area (Å²) in [5.41, 5.74) is 2.31. The molecule has 2 aromatic rings. The van der Waals surface area contributed by atoms with E-state index in [1.54, 1.807) is 24.3 Å². The summed E-state index contributed by atoms with van der Waals surface area (Å²) >= 11 is 6.19. The lowest BCUT2D eigenvalue weighted by Crippen LogP contribution is -2.32. The molecule has 0 saturated heterocycles. The lowest BCUT2D eigenvalue weighted by molar-refractivity contribution is -0.120. The van der Waals surface area contributed by atoms with Gasteiger partial charge in [0.25, 0.3) is 11.8 Å². The van der Waals surface area contributed by atoms with Crippen LogP contribution in [-0.4, -0.2) is 18.4 Å². The Hall–Kier alpha value is -2.79. The average molecular weight is 385 g/mol. The minimum atomic E-state index is -0.574. The number of hydrogen-bond acceptors (Lipinski definition) is 4. The van der Waals surface area contributed by atoms with Gasteiger partial charge in [0, 0.05) is 5.69 Å². The number of ether oxygens (including phenoxy) is 1. The van der Waals surface area contributed by atoms with Crippen LogP contribution < -0.4 is 15.0 Å². The van der Waals surface area contributed by atoms with Crippen molar-refractivity contribution in [1.82, 2.24) is 0 Å². The molecule has 1 aliphatic heterocycles. The fraction of sp³-hybridized carbons (Fsp3) is 0.238. The smallest absolute Gasteiger partial charge is 0.283 e. The van der Waals surface area contributed by atoms with E-state index in [2.05, 4.69) is 19.2 Å². The zero-order valence-corrected chi connectivity index (χ0v) is 16.2. The summed E-state index contributed by atoms with van der Waals surface area (Å²) in [5.74, 6) is -0.226. The van der Waals surface area contributed by atoms with Crippen molar-refractivity contribution in [3.63, 3.8) is 0 Å². The number of anilines is 2. The van der Waals surface area contributed by atoms with Crippen molar-refractivity contribution in [2.75, 3.05) is 16.8 Å². The molecule has 0 radical (unpaired) electrons. The van der Waals surface area contributed by atoms with E-state index in [1.807, 2.05) is 31.2 Å². The number of rotatable bonds is 6. The van der Waals surface area contributed by atoms with Crippen molar-refractivity contribution in [2.45, 2.75) is 26.7 Å². The van der Waals surface area contributed by atoms with Crippen LogP contribution in [0.5, 0.6) is 5.75 Å². The molecule has 2 amide bonds. The Labute approximate surface area is 163 Å². The second-order valence-electron chi connectivity index (χ2n) is 6.44. The molecule has 1 N–H and O–H groups in total. The zero-order chi connectivity index (χ0) is 19.6. The molecule has 0 spiro atoms. The van der Waals surface area contributed by atoms with Gasteiger partial charge < -0.3 is 10.1 Å². The largest absolute Gasteiger partial charge is 0.492 e. The number of hydrogen-bond donors (Lipinski definition) is 1. The highest BCUT2D eigenvalue weighted by molar-refractivity contribution is 6.53. The van der Waals surface area contributed by atoms with Gasteiger partial charge in [-0.2, -0.15) is 0 Å². The van der Waals surface area contributed by atoms with Crippen LogP contribution >= 0.6 is 11.6 Å². The monoisotopic (exact) mass is 384 g/mol. The minimum absolute atomic E-state index is 0.0604. The molecule has 0 aliphatic carbocycles. The topological polar surface area (TPSA) is 58.6 Å². The number of amides is 2. The molecule has 27 heavy (non-hydrogen) atoms. The van der Waals surface area contributed by atoms with Gasteiger partial charge in [0.05, 0.1) is 12.3 Å². The van der Waals surface area contributed by atoms with Crippen LogP contribution in [0.4, 0.5) is 11.4 Å². The Bertz CT molecular complexity index is 904. The van der Waals surface area contributed by atoms with E-state index < -0.39 is 11.8 Å². The molecule has 2 aromatic carbocycles. The standard InChI is InChI=1S/C21H21ClN2O3/c1-4-27-17-8-6-5-7-16(17)24-20(25)18(22)19(21(24)26)23-15-11-9-14(10-12-15)13(2)3/h5-13,23H,4H2,1-3H3. The molecule has 0 atom stereocenters. The molecular formula is C21H21ClN2O3. The third-order valence-electron chi connectivity index (χ3n) is 4.28. The molecule has 0 unspecified atom stereocenters. The number of nitrogens with zero attached hydrogens (tertiary/aromatic N) is 1. The van der Waals surface area contributed by atoms with Crippen molar-refractivity contribution in [3.05, 3.63) is 64.8 Å². The maximum absolute atomic E-state index is 12.9. The fourth-order valence-corrected chi connectivity index (χ4v) is 3.06. The Morgan fingerprint density at radius 2 is 1.70 bits per heavy atom. The molecule has 0 saturated carbocycles. The maximum Gasteiger partial charge on any atom is 0.283 e. The van der Waals surface area contributed by atoms with Gasteiger partial charge in [-0.15, -0.1) is 0 Å². The predicted octanol–water partition coefficient (Wildman–Crippen LogP) is 4.64. The van der Waals surface area contributed by atoms with Crippen molar-refractivity contribution in [3.8, 4) is 5.75 Å². The van der Waals surface area contributed by atoms with Crippen LogP contribution in [0, 0.1) is 0 Å². The maximum atomic E-state index is 12.9. The number of benzene rings is 2. The minimum Gasteiger partial charge on any atom is -0.492 e. The van der Waals surface area contributed by atoms with Crippen molar-refractivity contribution < 1.29 is 14.3 Å². The normalized spacial score (nSPS) is 14.3. The molecule has 3 rings (SSSR count). The molecular weight excluding hydrogens is 364 g/mol. The number of para-hydroxylation sites is 2. The summed E-state index contributed by atoms with van der Waals surface area (Å²) in [5, 5.41) is 2.84. The first-order chi connectivity index (χ1) is 12.9. The molecule has 0 aromatic heterocycles. The first-order valence-electron chi connectivity index (χ1n) is 8.81. The Balaban J connectivity index is 1.88. The number of carbonyl (C=O) groups excluding carboxylic acids is 2. The second-order valence-corrected chi connectivity index (χ2v) is 6.82. The number of nitrogens with one attached hydrogen (secondary N) is 1. The summed E-state index contributed by atoms with van der Waals surface area (Å²) < 4.78 is 5.54. The molecule has 140 valence electrons. The van der Waals surface area contributed by atoms with E-state index >= 15 is 0 Å². The zero-order valence-electron chi connectivity index (χ0n) is 15.5. The van der Waals surface area contributed by atoms with E-state index in [0.717, 1.165) is 4.90 Å². The highest BCUT2D eigenvalue weighted by Gasteiger charge is 2.40. The predicted molar refractivity (Wildman–Crippen MR) is 107 cm³/mol. The number of carbonyl (C=O) groups is 2. The van der Waals surface area contributed by atoms with Crippen LogP contribution in [0.3, 0.4) is 0 Å². The van der Waals surface area contributed by atoms with E-state index in [0.29, 0.717) is 29.6 Å². The summed E-state index contributed by atoms with van der Waals surface area (Å²) in [6, 6.07) is 14.6. The highest BCUT2D eigenvalue weighted by Crippen LogP contribution is 2.35. The Morgan fingerprint density at radius 1 is 1.04 bits per heavy atom. The first kappa shape index (κ1) is 19.0. The summed E-state index contributed by atoms with van der Waals surface area (Å²) in [7, 11) is 0. The number of imide groups is 1. The molecule has 6 heteroatoms. The van der Waals surface area contributed by atoms with E-state index in [4.69, 9.17) is 16.3 Å². The molecule has 0 fully saturated rings. The average Bonchev–Trinajstić information content (AvgIpc) is 2.86. The van der Waals surface area contributed by atoms with Gasteiger partial charge in [0.1, 0.15) is 16.5 Å². The van der Waals surface area contributed by atoms with Gasteiger partial charge in [-0.3, -0.25) is 9.59 Å². The van der Waals surface area contributed by atoms with Crippen molar-refractivity contribution in [1.29, 1.82) is 0 Å². The van der Waals surface area contributed by atoms with Crippen LogP contribution in [0.1, 0.15) is 32.3 Å². The summed E-state index contributed by atoms with van der Waals surface area (Å²) in [6.07, 6.45) is 0. The van der Waals surface area contributed by atoms with Gasteiger partial charge in [-0.25, -0.2) is 4.90 Å². The van der Waals surface area contributed by atoms with Gasteiger partial charge in [-0.1, -0.05) is 49.7 Å². The Kier molecular flexibility index (Phi) is 5.51. The quantitative estimate of drug-likeness (QED) is 0.737. The molecule has 1 heterocycles. The van der Waals surface area contributed by atoms with E-state index in [-0.39, 0.29) is 10.7 Å². The lowest BCUT2D eigenvalue weighted by atomic mass is 10.0. The Morgan fingerprint density at radius 3 is 2.33 bits per heavy atom.